The zero-order valence-corrected chi connectivity index (χ0v) is 17.4. The quantitative estimate of drug-likeness (QED) is 0.410. The number of pyridine rings is 1. The monoisotopic (exact) mass is 453 g/mol. The Kier molecular flexibility index (Phi) is 5.36. The van der Waals surface area contributed by atoms with Crippen molar-refractivity contribution in [1.29, 1.82) is 0 Å². The molecule has 4 rings (SSSR count). The van der Waals surface area contributed by atoms with E-state index >= 15 is 0 Å². The van der Waals surface area contributed by atoms with Gasteiger partial charge in [0.2, 0.25) is 0 Å². The Balaban J connectivity index is 1.79. The molecule has 0 fully saturated rings. The molecule has 7 heteroatoms. The number of methoxy groups -OCH3 is 1. The van der Waals surface area contributed by atoms with E-state index in [0.717, 1.165) is 20.3 Å². The molecule has 140 valence electrons. The van der Waals surface area contributed by atoms with Crippen LogP contribution in [0, 0.1) is 0 Å². The van der Waals surface area contributed by atoms with Crippen LogP contribution in [-0.2, 0) is 6.54 Å². The predicted octanol–water partition coefficient (Wildman–Crippen LogP) is 5.31. The molecule has 2 aromatic heterocycles. The van der Waals surface area contributed by atoms with Gasteiger partial charge in [-0.2, -0.15) is 0 Å². The molecule has 0 saturated heterocycles. The Bertz CT molecular complexity index is 1130. The molecule has 0 spiro atoms. The molecule has 0 aliphatic carbocycles. The lowest BCUT2D eigenvalue weighted by molar-refractivity contribution is 0.0985. The van der Waals surface area contributed by atoms with Crippen LogP contribution in [0.2, 0.25) is 0 Å². The number of hydrogen-bond acceptors (Lipinski definition) is 5. The summed E-state index contributed by atoms with van der Waals surface area (Å²) in [6, 6.07) is 16.9. The number of para-hydroxylation sites is 1. The third-order valence-corrected chi connectivity index (χ3v) is 5.74. The fourth-order valence-corrected chi connectivity index (χ4v) is 4.25. The summed E-state index contributed by atoms with van der Waals surface area (Å²) in [4.78, 5) is 23.9. The lowest BCUT2D eigenvalue weighted by atomic mass is 10.2. The van der Waals surface area contributed by atoms with E-state index in [1.54, 1.807) is 30.5 Å². The first-order valence-corrected chi connectivity index (χ1v) is 10.2. The van der Waals surface area contributed by atoms with Crippen molar-refractivity contribution in [2.75, 3.05) is 12.0 Å². The van der Waals surface area contributed by atoms with E-state index in [4.69, 9.17) is 9.72 Å². The lowest BCUT2D eigenvalue weighted by Gasteiger charge is -2.20. The lowest BCUT2D eigenvalue weighted by Crippen LogP contribution is -2.30. The first-order valence-electron chi connectivity index (χ1n) is 8.55. The summed E-state index contributed by atoms with van der Waals surface area (Å²) in [7, 11) is 1.62. The molecule has 1 amide bonds. The van der Waals surface area contributed by atoms with Crippen molar-refractivity contribution >= 4 is 48.5 Å². The van der Waals surface area contributed by atoms with Crippen LogP contribution in [0.25, 0.3) is 10.2 Å². The van der Waals surface area contributed by atoms with Crippen molar-refractivity contribution in [3.8, 4) is 5.75 Å². The first kappa shape index (κ1) is 18.6. The fourth-order valence-electron chi connectivity index (χ4n) is 2.87. The molecule has 0 radical (unpaired) electrons. The summed E-state index contributed by atoms with van der Waals surface area (Å²) in [6.07, 6.45) is 3.47. The van der Waals surface area contributed by atoms with Crippen LogP contribution in [0.3, 0.4) is 0 Å². The van der Waals surface area contributed by atoms with E-state index in [9.17, 15) is 4.79 Å². The largest absolute Gasteiger partial charge is 0.494 e. The van der Waals surface area contributed by atoms with Crippen molar-refractivity contribution in [1.82, 2.24) is 9.97 Å². The zero-order valence-electron chi connectivity index (χ0n) is 15.0. The molecular weight excluding hydrogens is 438 g/mol. The average Bonchev–Trinajstić information content (AvgIpc) is 3.16. The van der Waals surface area contributed by atoms with Gasteiger partial charge in [0, 0.05) is 22.4 Å². The molecule has 2 aromatic carbocycles. The molecule has 0 bridgehead atoms. The molecule has 28 heavy (non-hydrogen) atoms. The van der Waals surface area contributed by atoms with Crippen LogP contribution in [0.5, 0.6) is 5.75 Å². The van der Waals surface area contributed by atoms with Gasteiger partial charge < -0.3 is 4.74 Å². The Hall–Kier alpha value is -2.77. The van der Waals surface area contributed by atoms with E-state index in [1.807, 2.05) is 48.5 Å². The third kappa shape index (κ3) is 3.76. The number of thiazole rings is 1. The Morgan fingerprint density at radius 3 is 2.79 bits per heavy atom. The number of ether oxygens (including phenoxy) is 1. The topological polar surface area (TPSA) is 55.3 Å². The first-order chi connectivity index (χ1) is 13.7. The van der Waals surface area contributed by atoms with Gasteiger partial charge in [-0.25, -0.2) is 4.98 Å². The normalized spacial score (nSPS) is 10.8. The van der Waals surface area contributed by atoms with Crippen LogP contribution in [-0.4, -0.2) is 23.0 Å². The van der Waals surface area contributed by atoms with Gasteiger partial charge in [-0.1, -0.05) is 45.5 Å². The minimum Gasteiger partial charge on any atom is -0.494 e. The summed E-state index contributed by atoms with van der Waals surface area (Å²) in [5.41, 5.74) is 2.27. The fraction of sp³-hybridized carbons (Fsp3) is 0.0952. The minimum atomic E-state index is -0.122. The zero-order chi connectivity index (χ0) is 19.5. The molecule has 0 aliphatic rings. The molecular formula is C21H16BrN3O2S. The van der Waals surface area contributed by atoms with Crippen LogP contribution >= 0.6 is 27.3 Å². The van der Waals surface area contributed by atoms with Crippen LogP contribution < -0.4 is 9.64 Å². The number of carbonyl (C=O) groups is 1. The molecule has 2 heterocycles. The molecule has 0 N–H and O–H groups in total. The smallest absolute Gasteiger partial charge is 0.260 e. The Morgan fingerprint density at radius 1 is 1.18 bits per heavy atom. The highest BCUT2D eigenvalue weighted by Crippen LogP contribution is 2.35. The van der Waals surface area contributed by atoms with Gasteiger partial charge in [-0.3, -0.25) is 14.7 Å². The number of nitrogens with zero attached hydrogens (tertiary/aromatic N) is 3. The van der Waals surface area contributed by atoms with Crippen molar-refractivity contribution in [3.05, 3.63) is 82.6 Å². The third-order valence-electron chi connectivity index (χ3n) is 4.20. The van der Waals surface area contributed by atoms with Gasteiger partial charge in [0.05, 0.1) is 18.4 Å². The maximum atomic E-state index is 13.4. The Morgan fingerprint density at radius 2 is 2.04 bits per heavy atom. The van der Waals surface area contributed by atoms with E-state index in [-0.39, 0.29) is 5.91 Å². The standard InChI is InChI=1S/C21H16BrN3O2S/c1-27-17-8-3-9-18-19(17)24-21(28-18)25(13-14-5-4-10-23-12-14)20(26)15-6-2-7-16(22)11-15/h2-12H,13H2,1H3. The number of hydrogen-bond donors (Lipinski definition) is 0. The van der Waals surface area contributed by atoms with Gasteiger partial charge in [0.1, 0.15) is 11.3 Å². The van der Waals surface area contributed by atoms with Crippen molar-refractivity contribution in [3.63, 3.8) is 0 Å². The van der Waals surface area contributed by atoms with Crippen LogP contribution in [0.1, 0.15) is 15.9 Å². The van der Waals surface area contributed by atoms with E-state index < -0.39 is 0 Å². The highest BCUT2D eigenvalue weighted by molar-refractivity contribution is 9.10. The van der Waals surface area contributed by atoms with Gasteiger partial charge in [-0.05, 0) is 42.0 Å². The second-order valence-corrected chi connectivity index (χ2v) is 7.99. The summed E-state index contributed by atoms with van der Waals surface area (Å²) in [5, 5.41) is 0.619. The molecule has 4 aromatic rings. The second kappa shape index (κ2) is 8.08. The maximum Gasteiger partial charge on any atom is 0.260 e. The highest BCUT2D eigenvalue weighted by Gasteiger charge is 2.23. The maximum absolute atomic E-state index is 13.4. The highest BCUT2D eigenvalue weighted by atomic mass is 79.9. The second-order valence-electron chi connectivity index (χ2n) is 6.07. The molecule has 0 aliphatic heterocycles. The van der Waals surface area contributed by atoms with Gasteiger partial charge >= 0.3 is 0 Å². The number of fused-ring (bicyclic) bond motifs is 1. The number of amides is 1. The van der Waals surface area contributed by atoms with Crippen LogP contribution in [0.15, 0.2) is 71.5 Å². The number of carbonyl (C=O) groups excluding carboxylic acids is 1. The van der Waals surface area contributed by atoms with Gasteiger partial charge in [0.15, 0.2) is 5.13 Å². The number of rotatable bonds is 5. The van der Waals surface area contributed by atoms with E-state index in [2.05, 4.69) is 20.9 Å². The SMILES string of the molecule is COc1cccc2sc(N(Cc3cccnc3)C(=O)c3cccc(Br)c3)nc12. The van der Waals surface area contributed by atoms with E-state index in [0.29, 0.717) is 23.0 Å². The predicted molar refractivity (Wildman–Crippen MR) is 115 cm³/mol. The van der Waals surface area contributed by atoms with E-state index in [1.165, 1.54) is 11.3 Å². The average molecular weight is 454 g/mol. The summed E-state index contributed by atoms with van der Waals surface area (Å²) < 4.78 is 7.24. The van der Waals surface area contributed by atoms with Gasteiger partial charge in [0.25, 0.3) is 5.91 Å². The van der Waals surface area contributed by atoms with Crippen LogP contribution in [0.4, 0.5) is 5.13 Å². The molecule has 0 saturated carbocycles. The molecule has 0 atom stereocenters. The van der Waals surface area contributed by atoms with Crippen molar-refractivity contribution in [2.45, 2.75) is 6.54 Å². The summed E-state index contributed by atoms with van der Waals surface area (Å²) in [6.45, 7) is 0.376. The number of benzene rings is 2. The molecule has 5 nitrogen and oxygen atoms in total. The van der Waals surface area contributed by atoms with Gasteiger partial charge in [-0.15, -0.1) is 0 Å². The summed E-state index contributed by atoms with van der Waals surface area (Å²) in [5.74, 6) is 0.569. The van der Waals surface area contributed by atoms with Crippen molar-refractivity contribution in [2.24, 2.45) is 0 Å². The number of aromatic nitrogens is 2. The Labute approximate surface area is 174 Å². The molecule has 0 unspecified atom stereocenters. The van der Waals surface area contributed by atoms with Crippen molar-refractivity contribution < 1.29 is 9.53 Å². The number of anilines is 1. The summed E-state index contributed by atoms with van der Waals surface area (Å²) >= 11 is 4.90. The number of halogens is 1. The minimum absolute atomic E-state index is 0.122.